The number of carbonyl (C=O) groups is 3. The standard InChI is InChI=1S/C22H18ClN3O3S2/c23-15-6-4-13(5-7-15)10-19(27)24-16-11-14-2-1-3-17-20(14)18(12-16)22(29)25(21(17)28)8-9-26(30)31/h1-7,11-12,30-31H,8-10H2,(H,24,27). The van der Waals surface area contributed by atoms with Crippen LogP contribution < -0.4 is 5.32 Å². The molecule has 4 rings (SSSR count). The summed E-state index contributed by atoms with van der Waals surface area (Å²) in [6, 6.07) is 15.7. The Balaban J connectivity index is 1.65. The van der Waals surface area contributed by atoms with Crippen molar-refractivity contribution in [3.8, 4) is 0 Å². The van der Waals surface area contributed by atoms with Crippen LogP contribution in [0.2, 0.25) is 5.02 Å². The molecule has 1 N–H and O–H groups in total. The van der Waals surface area contributed by atoms with E-state index in [-0.39, 0.29) is 24.8 Å². The number of rotatable bonds is 6. The third-order valence-electron chi connectivity index (χ3n) is 5.01. The highest BCUT2D eigenvalue weighted by atomic mass is 35.5. The molecule has 0 spiro atoms. The van der Waals surface area contributed by atoms with Crippen LogP contribution in [0.15, 0.2) is 54.6 Å². The van der Waals surface area contributed by atoms with Crippen LogP contribution in [0.25, 0.3) is 10.8 Å². The molecule has 1 heterocycles. The van der Waals surface area contributed by atoms with Crippen molar-refractivity contribution < 1.29 is 14.4 Å². The Hall–Kier alpha value is -2.52. The minimum absolute atomic E-state index is 0.146. The molecule has 3 amide bonds. The molecule has 0 saturated heterocycles. The van der Waals surface area contributed by atoms with Crippen LogP contribution >= 0.6 is 37.2 Å². The molecule has 0 radical (unpaired) electrons. The molecule has 0 atom stereocenters. The number of anilines is 1. The van der Waals surface area contributed by atoms with E-state index < -0.39 is 5.91 Å². The normalized spacial score (nSPS) is 13.2. The molecule has 9 heteroatoms. The number of nitrogens with zero attached hydrogens (tertiary/aromatic N) is 2. The maximum atomic E-state index is 13.1. The zero-order valence-electron chi connectivity index (χ0n) is 16.2. The first-order valence-electron chi connectivity index (χ1n) is 9.46. The van der Waals surface area contributed by atoms with Crippen LogP contribution in [0.4, 0.5) is 5.69 Å². The first-order chi connectivity index (χ1) is 14.8. The van der Waals surface area contributed by atoms with E-state index in [2.05, 4.69) is 30.9 Å². The molecule has 158 valence electrons. The lowest BCUT2D eigenvalue weighted by Crippen LogP contribution is -2.42. The van der Waals surface area contributed by atoms with Crippen molar-refractivity contribution in [1.29, 1.82) is 0 Å². The lowest BCUT2D eigenvalue weighted by Gasteiger charge is -2.28. The van der Waals surface area contributed by atoms with Gasteiger partial charge in [-0.2, -0.15) is 3.71 Å². The van der Waals surface area contributed by atoms with Crippen molar-refractivity contribution >= 4 is 71.4 Å². The SMILES string of the molecule is O=C(Cc1ccc(Cl)cc1)Nc1cc2c3c(cccc3c1)C(=O)N(CCN(S)S)C2=O. The molecule has 1 aliphatic rings. The zero-order valence-corrected chi connectivity index (χ0v) is 18.8. The van der Waals surface area contributed by atoms with Crippen molar-refractivity contribution in [2.24, 2.45) is 0 Å². The van der Waals surface area contributed by atoms with Crippen molar-refractivity contribution in [2.45, 2.75) is 6.42 Å². The number of carbonyl (C=O) groups excluding carboxylic acids is 3. The highest BCUT2D eigenvalue weighted by molar-refractivity contribution is 7.93. The number of thiol groups is 2. The fourth-order valence-electron chi connectivity index (χ4n) is 3.62. The molecule has 31 heavy (non-hydrogen) atoms. The minimum atomic E-state index is -0.411. The molecule has 0 fully saturated rings. The van der Waals surface area contributed by atoms with Gasteiger partial charge in [0.05, 0.1) is 12.0 Å². The summed E-state index contributed by atoms with van der Waals surface area (Å²) >= 11 is 14.0. The van der Waals surface area contributed by atoms with Gasteiger partial charge >= 0.3 is 0 Å². The summed E-state index contributed by atoms with van der Waals surface area (Å²) in [7, 11) is 0. The van der Waals surface area contributed by atoms with E-state index in [1.54, 1.807) is 48.5 Å². The largest absolute Gasteiger partial charge is 0.326 e. The molecule has 0 unspecified atom stereocenters. The third-order valence-corrected chi connectivity index (χ3v) is 5.67. The molecule has 6 nitrogen and oxygen atoms in total. The molecule has 0 saturated carbocycles. The number of amides is 3. The first-order valence-corrected chi connectivity index (χ1v) is 10.6. The van der Waals surface area contributed by atoms with Crippen LogP contribution in [0, 0.1) is 0 Å². The lowest BCUT2D eigenvalue weighted by atomic mass is 9.93. The van der Waals surface area contributed by atoms with Crippen LogP contribution in [0.3, 0.4) is 0 Å². The predicted octanol–water partition coefficient (Wildman–Crippen LogP) is 4.26. The van der Waals surface area contributed by atoms with E-state index in [0.29, 0.717) is 39.2 Å². The van der Waals surface area contributed by atoms with Crippen LogP contribution in [-0.2, 0) is 11.2 Å². The van der Waals surface area contributed by atoms with E-state index in [4.69, 9.17) is 11.6 Å². The maximum absolute atomic E-state index is 13.1. The van der Waals surface area contributed by atoms with Gasteiger partial charge in [-0.15, -0.1) is 0 Å². The average Bonchev–Trinajstić information content (AvgIpc) is 2.73. The van der Waals surface area contributed by atoms with Crippen molar-refractivity contribution in [2.75, 3.05) is 18.4 Å². The number of halogens is 1. The van der Waals surface area contributed by atoms with Crippen molar-refractivity contribution in [1.82, 2.24) is 8.61 Å². The minimum Gasteiger partial charge on any atom is -0.326 e. The second kappa shape index (κ2) is 8.92. The van der Waals surface area contributed by atoms with Crippen molar-refractivity contribution in [3.05, 3.63) is 76.3 Å². The van der Waals surface area contributed by atoms with Gasteiger partial charge in [-0.1, -0.05) is 61.5 Å². The van der Waals surface area contributed by atoms with E-state index in [1.165, 1.54) is 8.61 Å². The number of nitrogens with one attached hydrogen (secondary N) is 1. The van der Waals surface area contributed by atoms with Gasteiger partial charge in [0.2, 0.25) is 5.91 Å². The molecular formula is C22H18ClN3O3S2. The molecule has 3 aromatic rings. The van der Waals surface area contributed by atoms with Crippen LogP contribution in [-0.4, -0.2) is 39.4 Å². The van der Waals surface area contributed by atoms with E-state index in [9.17, 15) is 14.4 Å². The Morgan fingerprint density at radius 1 is 1.00 bits per heavy atom. The van der Waals surface area contributed by atoms with Gasteiger partial charge in [0.1, 0.15) is 0 Å². The van der Waals surface area contributed by atoms with E-state index in [1.807, 2.05) is 6.07 Å². The molecule has 3 aromatic carbocycles. The first kappa shape index (κ1) is 21.7. The van der Waals surface area contributed by atoms with E-state index >= 15 is 0 Å². The van der Waals surface area contributed by atoms with Crippen LogP contribution in [0.1, 0.15) is 26.3 Å². The lowest BCUT2D eigenvalue weighted by molar-refractivity contribution is -0.115. The Morgan fingerprint density at radius 2 is 1.71 bits per heavy atom. The Bertz CT molecular complexity index is 1200. The quantitative estimate of drug-likeness (QED) is 0.371. The Morgan fingerprint density at radius 3 is 2.42 bits per heavy atom. The predicted molar refractivity (Wildman–Crippen MR) is 128 cm³/mol. The smallest absolute Gasteiger partial charge is 0.261 e. The van der Waals surface area contributed by atoms with Gasteiger partial charge in [-0.3, -0.25) is 19.3 Å². The summed E-state index contributed by atoms with van der Waals surface area (Å²) in [6.45, 7) is 0.445. The summed E-state index contributed by atoms with van der Waals surface area (Å²) in [5, 5.41) is 4.76. The Labute approximate surface area is 195 Å². The summed E-state index contributed by atoms with van der Waals surface area (Å²) in [6.07, 6.45) is 0.170. The van der Waals surface area contributed by atoms with Gasteiger partial charge in [-0.05, 0) is 41.3 Å². The molecule has 0 bridgehead atoms. The van der Waals surface area contributed by atoms with Gasteiger partial charge in [0.15, 0.2) is 0 Å². The molecule has 0 aromatic heterocycles. The zero-order chi connectivity index (χ0) is 22.1. The topological polar surface area (TPSA) is 69.7 Å². The fourth-order valence-corrected chi connectivity index (χ4v) is 3.92. The van der Waals surface area contributed by atoms with Crippen molar-refractivity contribution in [3.63, 3.8) is 0 Å². The fraction of sp³-hybridized carbons (Fsp3) is 0.136. The highest BCUT2D eigenvalue weighted by Crippen LogP contribution is 2.33. The summed E-state index contributed by atoms with van der Waals surface area (Å²) < 4.78 is 1.31. The summed E-state index contributed by atoms with van der Waals surface area (Å²) in [5.74, 6) is -0.987. The van der Waals surface area contributed by atoms with Crippen LogP contribution in [0.5, 0.6) is 0 Å². The van der Waals surface area contributed by atoms with Gasteiger partial charge in [-0.25, -0.2) is 0 Å². The number of benzene rings is 3. The molecule has 1 aliphatic heterocycles. The second-order valence-corrected chi connectivity index (χ2v) is 8.85. The molecular weight excluding hydrogens is 454 g/mol. The Kier molecular flexibility index (Phi) is 6.24. The monoisotopic (exact) mass is 471 g/mol. The number of imide groups is 1. The summed E-state index contributed by atoms with van der Waals surface area (Å²) in [5.41, 5.74) is 2.14. The highest BCUT2D eigenvalue weighted by Gasteiger charge is 2.33. The maximum Gasteiger partial charge on any atom is 0.261 e. The van der Waals surface area contributed by atoms with E-state index in [0.717, 1.165) is 5.56 Å². The third kappa shape index (κ3) is 4.57. The number of hydrogen-bond donors (Lipinski definition) is 3. The van der Waals surface area contributed by atoms with Gasteiger partial charge in [0, 0.05) is 34.7 Å². The second-order valence-electron chi connectivity index (χ2n) is 7.14. The summed E-state index contributed by atoms with van der Waals surface area (Å²) in [4.78, 5) is 39.7. The molecule has 0 aliphatic carbocycles. The average molecular weight is 472 g/mol. The van der Waals surface area contributed by atoms with Gasteiger partial charge < -0.3 is 5.32 Å². The number of hydrogen-bond acceptors (Lipinski definition) is 6. The van der Waals surface area contributed by atoms with Gasteiger partial charge in [0.25, 0.3) is 11.8 Å².